The number of nitrogens with zero attached hydrogens (tertiary/aromatic N) is 3. The number of aromatic amines is 1. The lowest BCUT2D eigenvalue weighted by Crippen LogP contribution is -2.25. The van der Waals surface area contributed by atoms with Crippen LogP contribution < -0.4 is 5.32 Å². The summed E-state index contributed by atoms with van der Waals surface area (Å²) in [4.78, 5) is 12.3. The fraction of sp³-hybridized carbons (Fsp3) is 0.200. The number of nitrogens with one attached hydrogen (secondary N) is 2. The Morgan fingerprint density at radius 1 is 1.39 bits per heavy atom. The maximum Gasteiger partial charge on any atom is 0.230 e. The van der Waals surface area contributed by atoms with Gasteiger partial charge in [-0.25, -0.2) is 4.39 Å². The molecule has 1 aromatic carbocycles. The van der Waals surface area contributed by atoms with Crippen LogP contribution in [0, 0.1) is 5.82 Å². The van der Waals surface area contributed by atoms with E-state index in [1.165, 1.54) is 23.9 Å². The summed E-state index contributed by atoms with van der Waals surface area (Å²) in [7, 11) is 0. The summed E-state index contributed by atoms with van der Waals surface area (Å²) in [6.45, 7) is 0.235. The van der Waals surface area contributed by atoms with Gasteiger partial charge < -0.3 is 5.32 Å². The highest BCUT2D eigenvalue weighted by Gasteiger charge is 2.04. The lowest BCUT2D eigenvalue weighted by atomic mass is 10.4. The zero-order valence-corrected chi connectivity index (χ0v) is 10.1. The second kappa shape index (κ2) is 6.10. The third kappa shape index (κ3) is 3.81. The van der Waals surface area contributed by atoms with Gasteiger partial charge in [0.15, 0.2) is 5.82 Å². The number of hydrogen-bond acceptors (Lipinski definition) is 5. The second-order valence-electron chi connectivity index (χ2n) is 3.35. The van der Waals surface area contributed by atoms with E-state index in [4.69, 9.17) is 0 Å². The van der Waals surface area contributed by atoms with E-state index < -0.39 is 0 Å². The number of H-pyrrole nitrogens is 1. The number of benzene rings is 1. The van der Waals surface area contributed by atoms with E-state index in [-0.39, 0.29) is 24.0 Å². The molecule has 0 saturated carbocycles. The molecular formula is C10H10FN5OS. The molecule has 0 fully saturated rings. The quantitative estimate of drug-likeness (QED) is 0.781. The summed E-state index contributed by atoms with van der Waals surface area (Å²) < 4.78 is 12.7. The zero-order chi connectivity index (χ0) is 12.8. The molecule has 1 aromatic heterocycles. The fourth-order valence-electron chi connectivity index (χ4n) is 1.17. The Morgan fingerprint density at radius 2 is 2.17 bits per heavy atom. The molecule has 0 aliphatic heterocycles. The number of carbonyl (C=O) groups excluding carboxylic acids is 1. The van der Waals surface area contributed by atoms with Gasteiger partial charge in [-0.1, -0.05) is 5.21 Å². The molecule has 0 spiro atoms. The first kappa shape index (κ1) is 12.5. The molecule has 94 valence electrons. The van der Waals surface area contributed by atoms with Crippen molar-refractivity contribution in [3.05, 3.63) is 35.9 Å². The highest BCUT2D eigenvalue weighted by Crippen LogP contribution is 2.17. The Balaban J connectivity index is 1.73. The Bertz CT molecular complexity index is 501. The minimum atomic E-state index is -0.291. The Labute approximate surface area is 106 Å². The number of aromatic nitrogens is 4. The van der Waals surface area contributed by atoms with Crippen LogP contribution in [0.4, 0.5) is 4.39 Å². The van der Waals surface area contributed by atoms with Gasteiger partial charge in [-0.2, -0.15) is 5.21 Å². The van der Waals surface area contributed by atoms with Crippen molar-refractivity contribution >= 4 is 17.7 Å². The smallest absolute Gasteiger partial charge is 0.230 e. The molecule has 18 heavy (non-hydrogen) atoms. The van der Waals surface area contributed by atoms with E-state index >= 15 is 0 Å². The molecule has 0 unspecified atom stereocenters. The van der Waals surface area contributed by atoms with Gasteiger partial charge in [-0.05, 0) is 24.3 Å². The molecule has 0 saturated heterocycles. The Kier molecular flexibility index (Phi) is 4.24. The Morgan fingerprint density at radius 3 is 2.83 bits per heavy atom. The number of carbonyl (C=O) groups is 1. The van der Waals surface area contributed by atoms with Gasteiger partial charge in [0.25, 0.3) is 0 Å². The van der Waals surface area contributed by atoms with Crippen molar-refractivity contribution in [2.24, 2.45) is 0 Å². The number of amides is 1. The molecular weight excluding hydrogens is 257 g/mol. The van der Waals surface area contributed by atoms with Gasteiger partial charge in [-0.15, -0.1) is 22.0 Å². The van der Waals surface area contributed by atoms with E-state index in [1.54, 1.807) is 12.1 Å². The molecule has 2 rings (SSSR count). The molecule has 0 aliphatic carbocycles. The first-order chi connectivity index (χ1) is 8.74. The zero-order valence-electron chi connectivity index (χ0n) is 9.26. The summed E-state index contributed by atoms with van der Waals surface area (Å²) in [5, 5.41) is 15.7. The maximum atomic E-state index is 12.7. The van der Waals surface area contributed by atoms with E-state index in [2.05, 4.69) is 25.9 Å². The molecule has 6 nitrogen and oxygen atoms in total. The summed E-state index contributed by atoms with van der Waals surface area (Å²) in [6, 6.07) is 5.98. The second-order valence-corrected chi connectivity index (χ2v) is 4.40. The number of hydrogen-bond donors (Lipinski definition) is 2. The van der Waals surface area contributed by atoms with Gasteiger partial charge in [0.2, 0.25) is 5.91 Å². The number of thioether (sulfide) groups is 1. The first-order valence-electron chi connectivity index (χ1n) is 5.11. The van der Waals surface area contributed by atoms with Crippen molar-refractivity contribution in [1.29, 1.82) is 0 Å². The highest BCUT2D eigenvalue weighted by molar-refractivity contribution is 8.00. The molecule has 0 bridgehead atoms. The van der Waals surface area contributed by atoms with E-state index in [0.717, 1.165) is 4.90 Å². The minimum Gasteiger partial charge on any atom is -0.348 e. The van der Waals surface area contributed by atoms with Crippen molar-refractivity contribution in [2.75, 3.05) is 5.75 Å². The van der Waals surface area contributed by atoms with Crippen molar-refractivity contribution in [2.45, 2.75) is 11.4 Å². The number of halogens is 1. The molecule has 0 atom stereocenters. The number of tetrazole rings is 1. The largest absolute Gasteiger partial charge is 0.348 e. The highest BCUT2D eigenvalue weighted by atomic mass is 32.2. The molecule has 1 heterocycles. The molecule has 8 heteroatoms. The predicted octanol–water partition coefficient (Wildman–Crippen LogP) is 0.747. The van der Waals surface area contributed by atoms with Crippen molar-refractivity contribution in [3.63, 3.8) is 0 Å². The maximum absolute atomic E-state index is 12.7. The summed E-state index contributed by atoms with van der Waals surface area (Å²) >= 11 is 1.33. The van der Waals surface area contributed by atoms with Crippen LogP contribution in [-0.2, 0) is 11.3 Å². The lowest BCUT2D eigenvalue weighted by molar-refractivity contribution is -0.118. The van der Waals surface area contributed by atoms with E-state index in [9.17, 15) is 9.18 Å². The minimum absolute atomic E-state index is 0.144. The molecule has 2 N–H and O–H groups in total. The van der Waals surface area contributed by atoms with Gasteiger partial charge in [0, 0.05) is 4.90 Å². The van der Waals surface area contributed by atoms with Crippen LogP contribution >= 0.6 is 11.8 Å². The van der Waals surface area contributed by atoms with E-state index in [1.807, 2.05) is 0 Å². The summed E-state index contributed by atoms with van der Waals surface area (Å²) in [5.41, 5.74) is 0. The van der Waals surface area contributed by atoms with Gasteiger partial charge in [0.05, 0.1) is 12.3 Å². The molecule has 2 aromatic rings. The summed E-state index contributed by atoms with van der Waals surface area (Å²) in [5.74, 6) is 0.244. The van der Waals surface area contributed by atoms with Crippen LogP contribution in [0.5, 0.6) is 0 Å². The van der Waals surface area contributed by atoms with Gasteiger partial charge in [0.1, 0.15) is 5.82 Å². The van der Waals surface area contributed by atoms with Crippen LogP contribution in [0.15, 0.2) is 29.2 Å². The molecule has 0 radical (unpaired) electrons. The SMILES string of the molecule is O=C(CSc1ccc(F)cc1)NCc1nn[nH]n1. The van der Waals surface area contributed by atoms with Crippen LogP contribution in [0.25, 0.3) is 0 Å². The number of rotatable bonds is 5. The third-order valence-electron chi connectivity index (χ3n) is 2.02. The molecule has 1 amide bonds. The third-order valence-corrected chi connectivity index (χ3v) is 3.03. The monoisotopic (exact) mass is 267 g/mol. The normalized spacial score (nSPS) is 10.3. The van der Waals surface area contributed by atoms with Crippen LogP contribution in [0.1, 0.15) is 5.82 Å². The van der Waals surface area contributed by atoms with Crippen molar-refractivity contribution in [3.8, 4) is 0 Å². The average molecular weight is 267 g/mol. The average Bonchev–Trinajstić information content (AvgIpc) is 2.89. The van der Waals surface area contributed by atoms with Crippen LogP contribution in [0.3, 0.4) is 0 Å². The standard InChI is InChI=1S/C10H10FN5OS/c11-7-1-3-8(4-2-7)18-6-10(17)12-5-9-13-15-16-14-9/h1-4H,5-6H2,(H,12,17)(H,13,14,15,16). The molecule has 0 aliphatic rings. The predicted molar refractivity (Wildman–Crippen MR) is 63.1 cm³/mol. The topological polar surface area (TPSA) is 83.6 Å². The van der Waals surface area contributed by atoms with Crippen LogP contribution in [-0.4, -0.2) is 32.3 Å². The van der Waals surface area contributed by atoms with Gasteiger partial charge >= 0.3 is 0 Å². The Hall–Kier alpha value is -1.96. The lowest BCUT2D eigenvalue weighted by Gasteiger charge is -2.02. The van der Waals surface area contributed by atoms with Crippen LogP contribution in [0.2, 0.25) is 0 Å². The fourth-order valence-corrected chi connectivity index (χ4v) is 1.89. The summed E-state index contributed by atoms with van der Waals surface area (Å²) in [6.07, 6.45) is 0. The first-order valence-corrected chi connectivity index (χ1v) is 6.10. The van der Waals surface area contributed by atoms with Gasteiger partial charge in [-0.3, -0.25) is 4.79 Å². The van der Waals surface area contributed by atoms with Crippen molar-refractivity contribution < 1.29 is 9.18 Å². The van der Waals surface area contributed by atoms with Crippen molar-refractivity contribution in [1.82, 2.24) is 25.9 Å². The van der Waals surface area contributed by atoms with E-state index in [0.29, 0.717) is 5.82 Å².